The lowest BCUT2D eigenvalue weighted by molar-refractivity contribution is 0.0939. The second kappa shape index (κ2) is 9.49. The van der Waals surface area contributed by atoms with Crippen LogP contribution < -0.4 is 14.8 Å². The third-order valence-corrected chi connectivity index (χ3v) is 6.62. The molecular weight excluding hydrogens is 402 g/mol. The van der Waals surface area contributed by atoms with E-state index in [1.807, 2.05) is 6.92 Å². The maximum Gasteiger partial charge on any atom is 0.261 e. The van der Waals surface area contributed by atoms with Gasteiger partial charge in [0.15, 0.2) is 0 Å². The van der Waals surface area contributed by atoms with E-state index in [0.717, 1.165) is 0 Å². The van der Waals surface area contributed by atoms with Crippen molar-refractivity contribution in [3.8, 4) is 5.75 Å². The number of rotatable bonds is 10. The van der Waals surface area contributed by atoms with Gasteiger partial charge < -0.3 is 10.1 Å². The first-order chi connectivity index (χ1) is 14.3. The normalized spacial score (nSPS) is 14.9. The van der Waals surface area contributed by atoms with Crippen molar-refractivity contribution in [1.29, 1.82) is 0 Å². The molecule has 0 aliphatic heterocycles. The molecule has 3 rings (SSSR count). The van der Waals surface area contributed by atoms with Crippen LogP contribution in [0.3, 0.4) is 0 Å². The number of carbonyl (C=O) groups excluding carboxylic acids is 1. The summed E-state index contributed by atoms with van der Waals surface area (Å²) in [4.78, 5) is 14.8. The lowest BCUT2D eigenvalue weighted by Crippen LogP contribution is -2.41. The van der Waals surface area contributed by atoms with Crippen LogP contribution in [0.5, 0.6) is 5.75 Å². The Morgan fingerprint density at radius 2 is 1.77 bits per heavy atom. The van der Waals surface area contributed by atoms with Crippen molar-refractivity contribution in [2.45, 2.75) is 43.7 Å². The van der Waals surface area contributed by atoms with Crippen LogP contribution in [-0.2, 0) is 10.0 Å². The van der Waals surface area contributed by atoms with Crippen LogP contribution in [-0.4, -0.2) is 51.5 Å². The number of carbonyl (C=O) groups is 1. The van der Waals surface area contributed by atoms with Crippen LogP contribution in [0.15, 0.2) is 53.4 Å². The van der Waals surface area contributed by atoms with Crippen LogP contribution in [0.2, 0.25) is 0 Å². The molecule has 1 aliphatic carbocycles. The molecule has 0 bridgehead atoms. The van der Waals surface area contributed by atoms with E-state index in [1.165, 1.54) is 25.0 Å². The molecule has 0 radical (unpaired) electrons. The summed E-state index contributed by atoms with van der Waals surface area (Å²) in [6.45, 7) is 5.04. The Balaban J connectivity index is 1.57. The number of amides is 1. The average molecular weight is 432 g/mol. The minimum absolute atomic E-state index is 0.140. The van der Waals surface area contributed by atoms with E-state index in [0.29, 0.717) is 36.2 Å². The average Bonchev–Trinajstić information content (AvgIpc) is 3.57. The number of nitrogens with zero attached hydrogens (tertiary/aromatic N) is 1. The van der Waals surface area contributed by atoms with Crippen molar-refractivity contribution in [3.63, 3.8) is 0 Å². The van der Waals surface area contributed by atoms with Gasteiger partial charge in [-0.3, -0.25) is 14.4 Å². The fourth-order valence-corrected chi connectivity index (χ4v) is 4.17. The summed E-state index contributed by atoms with van der Waals surface area (Å²) < 4.78 is 33.0. The van der Waals surface area contributed by atoms with Crippen LogP contribution >= 0.6 is 0 Å². The number of hydrogen-bond donors (Lipinski definition) is 2. The number of hydrogen-bond acceptors (Lipinski definition) is 5. The summed E-state index contributed by atoms with van der Waals surface area (Å²) >= 11 is 0. The molecule has 1 amide bonds. The van der Waals surface area contributed by atoms with Crippen molar-refractivity contribution in [3.05, 3.63) is 54.1 Å². The predicted molar refractivity (Wildman–Crippen MR) is 117 cm³/mol. The van der Waals surface area contributed by atoms with E-state index < -0.39 is 10.0 Å². The molecule has 7 nitrogen and oxygen atoms in total. The van der Waals surface area contributed by atoms with E-state index >= 15 is 0 Å². The van der Waals surface area contributed by atoms with E-state index in [4.69, 9.17) is 4.74 Å². The number of anilines is 1. The SMILES string of the molecule is CCOc1ccc(S(=O)(=O)Nc2ccc(C(=O)NCC(C)N(C)C3CC3)cc2)cc1. The van der Waals surface area contributed by atoms with Gasteiger partial charge in [-0.05, 0) is 82.3 Å². The quantitative estimate of drug-likeness (QED) is 0.604. The zero-order valence-corrected chi connectivity index (χ0v) is 18.4. The van der Waals surface area contributed by atoms with Gasteiger partial charge in [0.25, 0.3) is 15.9 Å². The first-order valence-electron chi connectivity index (χ1n) is 10.2. The van der Waals surface area contributed by atoms with Crippen LogP contribution in [0.4, 0.5) is 5.69 Å². The summed E-state index contributed by atoms with van der Waals surface area (Å²) in [5, 5.41) is 2.94. The van der Waals surface area contributed by atoms with Crippen LogP contribution in [0, 0.1) is 0 Å². The molecule has 8 heteroatoms. The van der Waals surface area contributed by atoms with Gasteiger partial charge in [0.1, 0.15) is 5.75 Å². The zero-order valence-electron chi connectivity index (χ0n) is 17.6. The van der Waals surface area contributed by atoms with Gasteiger partial charge in [0, 0.05) is 29.9 Å². The van der Waals surface area contributed by atoms with Crippen molar-refractivity contribution < 1.29 is 17.9 Å². The molecule has 0 heterocycles. The van der Waals surface area contributed by atoms with Gasteiger partial charge in [0.05, 0.1) is 11.5 Å². The maximum absolute atomic E-state index is 12.6. The molecule has 1 atom stereocenters. The summed E-state index contributed by atoms with van der Waals surface area (Å²) in [6.07, 6.45) is 2.45. The first kappa shape index (κ1) is 22.1. The highest BCUT2D eigenvalue weighted by Gasteiger charge is 2.29. The molecule has 1 saturated carbocycles. The monoisotopic (exact) mass is 431 g/mol. The number of sulfonamides is 1. The lowest BCUT2D eigenvalue weighted by atomic mass is 10.2. The predicted octanol–water partition coefficient (Wildman–Crippen LogP) is 3.10. The fraction of sp³-hybridized carbons (Fsp3) is 0.409. The summed E-state index contributed by atoms with van der Waals surface area (Å²) in [5.41, 5.74) is 0.877. The Morgan fingerprint density at radius 1 is 1.13 bits per heavy atom. The highest BCUT2D eigenvalue weighted by atomic mass is 32.2. The standard InChI is InChI=1S/C22H29N3O4S/c1-4-29-20-11-13-21(14-12-20)30(27,28)24-18-7-5-17(6-8-18)22(26)23-15-16(2)25(3)19-9-10-19/h5-8,11-14,16,19,24H,4,9-10,15H2,1-3H3,(H,23,26). The molecule has 2 aromatic rings. The fourth-order valence-electron chi connectivity index (χ4n) is 3.11. The van der Waals surface area contributed by atoms with Gasteiger partial charge >= 0.3 is 0 Å². The zero-order chi connectivity index (χ0) is 21.7. The summed E-state index contributed by atoms with van der Waals surface area (Å²) in [7, 11) is -1.64. The van der Waals surface area contributed by atoms with Gasteiger partial charge in [0.2, 0.25) is 0 Å². The molecule has 1 fully saturated rings. The summed E-state index contributed by atoms with van der Waals surface area (Å²) in [5.74, 6) is 0.441. The van der Waals surface area contributed by atoms with Crippen LogP contribution in [0.1, 0.15) is 37.0 Å². The molecule has 162 valence electrons. The maximum atomic E-state index is 12.6. The molecule has 2 N–H and O–H groups in total. The molecule has 0 spiro atoms. The van der Waals surface area contributed by atoms with Crippen molar-refractivity contribution >= 4 is 21.6 Å². The number of ether oxygens (including phenoxy) is 1. The Kier molecular flexibility index (Phi) is 6.99. The van der Waals surface area contributed by atoms with Gasteiger partial charge in [-0.1, -0.05) is 0 Å². The molecule has 30 heavy (non-hydrogen) atoms. The first-order valence-corrected chi connectivity index (χ1v) is 11.6. The Labute approximate surface area is 178 Å². The second-order valence-electron chi connectivity index (χ2n) is 7.54. The number of nitrogens with one attached hydrogen (secondary N) is 2. The molecule has 2 aromatic carbocycles. The van der Waals surface area contributed by atoms with Crippen molar-refractivity contribution in [1.82, 2.24) is 10.2 Å². The van der Waals surface area contributed by atoms with Gasteiger partial charge in [-0.2, -0.15) is 0 Å². The number of likely N-dealkylation sites (N-methyl/N-ethyl adjacent to an activating group) is 1. The highest BCUT2D eigenvalue weighted by molar-refractivity contribution is 7.92. The van der Waals surface area contributed by atoms with Gasteiger partial charge in [-0.25, -0.2) is 8.42 Å². The van der Waals surface area contributed by atoms with E-state index in [1.54, 1.807) is 36.4 Å². The van der Waals surface area contributed by atoms with Crippen molar-refractivity contribution in [2.24, 2.45) is 0 Å². The Hall–Kier alpha value is -2.58. The Bertz CT molecular complexity index is 955. The molecule has 0 aromatic heterocycles. The minimum atomic E-state index is -3.72. The lowest BCUT2D eigenvalue weighted by Gasteiger charge is -2.24. The minimum Gasteiger partial charge on any atom is -0.494 e. The van der Waals surface area contributed by atoms with Crippen LogP contribution in [0.25, 0.3) is 0 Å². The van der Waals surface area contributed by atoms with E-state index in [-0.39, 0.29) is 16.8 Å². The van der Waals surface area contributed by atoms with Crippen molar-refractivity contribution in [2.75, 3.05) is 24.9 Å². The molecular formula is C22H29N3O4S. The topological polar surface area (TPSA) is 87.7 Å². The third-order valence-electron chi connectivity index (χ3n) is 5.22. The summed E-state index contributed by atoms with van der Waals surface area (Å²) in [6, 6.07) is 13.5. The smallest absolute Gasteiger partial charge is 0.261 e. The molecule has 0 saturated heterocycles. The number of benzene rings is 2. The molecule has 1 aliphatic rings. The third kappa shape index (κ3) is 5.73. The van der Waals surface area contributed by atoms with Gasteiger partial charge in [-0.15, -0.1) is 0 Å². The second-order valence-corrected chi connectivity index (χ2v) is 9.23. The molecule has 1 unspecified atom stereocenters. The largest absolute Gasteiger partial charge is 0.494 e. The highest BCUT2D eigenvalue weighted by Crippen LogP contribution is 2.26. The van der Waals surface area contributed by atoms with E-state index in [2.05, 4.69) is 28.9 Å². The Morgan fingerprint density at radius 3 is 2.33 bits per heavy atom. The van der Waals surface area contributed by atoms with E-state index in [9.17, 15) is 13.2 Å².